The number of unbranched alkanes of at least 4 members (excludes halogenated alkanes) is 8. The first-order chi connectivity index (χ1) is 9.12. The highest BCUT2D eigenvalue weighted by molar-refractivity contribution is 7.81. The number of rotatable bonds is 14. The molecule has 0 atom stereocenters. The van der Waals surface area contributed by atoms with Crippen molar-refractivity contribution in [3.63, 3.8) is 0 Å². The summed E-state index contributed by atoms with van der Waals surface area (Å²) in [6.07, 6.45) is 10.6. The molecule has 0 aliphatic heterocycles. The Hall–Kier alpha value is -0.170. The molecule has 0 aromatic heterocycles. The molecule has 2 N–H and O–H groups in total. The second-order valence-corrected chi connectivity index (χ2v) is 6.17. The summed E-state index contributed by atoms with van der Waals surface area (Å²) in [7, 11) is -3.77. The quantitative estimate of drug-likeness (QED) is 0.460. The van der Waals surface area contributed by atoms with Crippen LogP contribution in [0.1, 0.15) is 78.1 Å². The van der Waals surface area contributed by atoms with Crippen LogP contribution in [0, 0.1) is 0 Å². The Morgan fingerprint density at radius 3 is 1.35 bits per heavy atom. The predicted octanol–water partition coefficient (Wildman–Crippen LogP) is 3.38. The van der Waals surface area contributed by atoms with Gasteiger partial charge in [0.1, 0.15) is 0 Å². The first-order valence-corrected chi connectivity index (χ1v) is 8.99. The third-order valence-electron chi connectivity index (χ3n) is 2.95. The van der Waals surface area contributed by atoms with Gasteiger partial charge < -0.3 is 5.48 Å². The van der Waals surface area contributed by atoms with Crippen LogP contribution in [0.25, 0.3) is 0 Å². The second kappa shape index (κ2) is 15.2. The molecule has 0 aliphatic carbocycles. The minimum Gasteiger partial charge on any atom is -0.412 e. The van der Waals surface area contributed by atoms with E-state index in [-0.39, 0.29) is 18.7 Å². The van der Waals surface area contributed by atoms with Gasteiger partial charge in [0.2, 0.25) is 0 Å². The van der Waals surface area contributed by atoms with E-state index in [4.69, 9.17) is 8.37 Å². The van der Waals surface area contributed by atoms with Crippen molar-refractivity contribution in [2.24, 2.45) is 0 Å². The first kappa shape index (κ1) is 22.1. The highest BCUT2D eigenvalue weighted by atomic mass is 32.3. The van der Waals surface area contributed by atoms with E-state index in [1.54, 1.807) is 0 Å². The molecule has 0 saturated carbocycles. The summed E-state index contributed by atoms with van der Waals surface area (Å²) < 4.78 is 32.3. The van der Waals surface area contributed by atoms with Crippen LogP contribution >= 0.6 is 0 Å². The molecule has 0 fully saturated rings. The molecule has 0 unspecified atom stereocenters. The van der Waals surface area contributed by atoms with Crippen LogP contribution in [0.3, 0.4) is 0 Å². The van der Waals surface area contributed by atoms with E-state index in [0.29, 0.717) is 0 Å². The van der Waals surface area contributed by atoms with Crippen LogP contribution in [0.15, 0.2) is 0 Å². The summed E-state index contributed by atoms with van der Waals surface area (Å²) in [6, 6.07) is 0. The molecular weight excluding hydrogens is 280 g/mol. The maximum atomic E-state index is 11.4. The van der Waals surface area contributed by atoms with Crippen LogP contribution in [0.4, 0.5) is 0 Å². The standard InChI is InChI=1S/C14H30O4S.H2O/c1-3-5-7-9-11-13-17-19(15,16)18-14-12-10-8-6-4-2;/h3-14H2,1-2H3;1H2. The molecule has 0 bridgehead atoms. The molecule has 0 aromatic carbocycles. The Morgan fingerprint density at radius 2 is 1.00 bits per heavy atom. The van der Waals surface area contributed by atoms with Crippen molar-refractivity contribution >= 4 is 10.4 Å². The monoisotopic (exact) mass is 312 g/mol. The van der Waals surface area contributed by atoms with Gasteiger partial charge in [-0.05, 0) is 12.8 Å². The molecular formula is C14H32O5S. The van der Waals surface area contributed by atoms with E-state index in [2.05, 4.69) is 13.8 Å². The van der Waals surface area contributed by atoms with Crippen molar-refractivity contribution in [2.75, 3.05) is 13.2 Å². The summed E-state index contributed by atoms with van der Waals surface area (Å²) in [6.45, 7) is 4.77. The molecule has 6 heteroatoms. The van der Waals surface area contributed by atoms with Gasteiger partial charge >= 0.3 is 10.4 Å². The molecule has 5 nitrogen and oxygen atoms in total. The van der Waals surface area contributed by atoms with E-state index in [1.165, 1.54) is 25.7 Å². The Balaban J connectivity index is 0. The van der Waals surface area contributed by atoms with E-state index >= 15 is 0 Å². The smallest absolute Gasteiger partial charge is 0.399 e. The van der Waals surface area contributed by atoms with Crippen LogP contribution < -0.4 is 0 Å². The van der Waals surface area contributed by atoms with Crippen molar-refractivity contribution in [3.05, 3.63) is 0 Å². The van der Waals surface area contributed by atoms with Gasteiger partial charge in [0.05, 0.1) is 13.2 Å². The number of hydrogen-bond donors (Lipinski definition) is 0. The van der Waals surface area contributed by atoms with Crippen LogP contribution in [-0.2, 0) is 18.8 Å². The molecule has 0 amide bonds. The molecule has 0 spiro atoms. The van der Waals surface area contributed by atoms with Crippen molar-refractivity contribution in [3.8, 4) is 0 Å². The minimum atomic E-state index is -3.77. The van der Waals surface area contributed by atoms with Crippen molar-refractivity contribution in [1.29, 1.82) is 0 Å². The average Bonchev–Trinajstić information content (AvgIpc) is 2.38. The van der Waals surface area contributed by atoms with Gasteiger partial charge in [0.25, 0.3) is 0 Å². The lowest BCUT2D eigenvalue weighted by Crippen LogP contribution is -2.12. The Kier molecular flexibility index (Phi) is 16.8. The fraction of sp³-hybridized carbons (Fsp3) is 1.00. The molecule has 0 heterocycles. The highest BCUT2D eigenvalue weighted by Crippen LogP contribution is 2.07. The normalized spacial score (nSPS) is 11.3. The second-order valence-electron chi connectivity index (χ2n) is 4.88. The fourth-order valence-corrected chi connectivity index (χ4v) is 2.48. The molecule has 0 radical (unpaired) electrons. The Morgan fingerprint density at radius 1 is 0.650 bits per heavy atom. The maximum Gasteiger partial charge on any atom is 0.399 e. The molecule has 0 aromatic rings. The SMILES string of the molecule is CCCCCCCOS(=O)(=O)OCCCCCCC.O. The van der Waals surface area contributed by atoms with Crippen molar-refractivity contribution in [1.82, 2.24) is 0 Å². The van der Waals surface area contributed by atoms with Crippen LogP contribution in [0.2, 0.25) is 0 Å². The highest BCUT2D eigenvalue weighted by Gasteiger charge is 2.10. The zero-order valence-electron chi connectivity index (χ0n) is 13.0. The van der Waals surface area contributed by atoms with Gasteiger partial charge in [-0.3, -0.25) is 0 Å². The summed E-state index contributed by atoms with van der Waals surface area (Å²) in [5, 5.41) is 0. The van der Waals surface area contributed by atoms with E-state index in [9.17, 15) is 8.42 Å². The first-order valence-electron chi connectivity index (χ1n) is 7.66. The van der Waals surface area contributed by atoms with Gasteiger partial charge in [-0.15, -0.1) is 0 Å². The molecule has 124 valence electrons. The summed E-state index contributed by atoms with van der Waals surface area (Å²) in [5.41, 5.74) is 0. The zero-order valence-corrected chi connectivity index (χ0v) is 13.8. The maximum absolute atomic E-state index is 11.4. The molecule has 0 saturated heterocycles. The van der Waals surface area contributed by atoms with Gasteiger partial charge in [-0.2, -0.15) is 8.42 Å². The third-order valence-corrected chi connectivity index (χ3v) is 3.86. The third kappa shape index (κ3) is 15.9. The lowest BCUT2D eigenvalue weighted by molar-refractivity contribution is 0.208. The van der Waals surface area contributed by atoms with E-state index in [1.807, 2.05) is 0 Å². The average molecular weight is 312 g/mol. The minimum absolute atomic E-state index is 0. The summed E-state index contributed by atoms with van der Waals surface area (Å²) >= 11 is 0. The van der Waals surface area contributed by atoms with Crippen LogP contribution in [-0.4, -0.2) is 27.1 Å². The van der Waals surface area contributed by atoms with Crippen molar-refractivity contribution < 1.29 is 22.3 Å². The summed E-state index contributed by atoms with van der Waals surface area (Å²) in [5.74, 6) is 0. The van der Waals surface area contributed by atoms with Gasteiger partial charge in [-0.25, -0.2) is 8.37 Å². The topological polar surface area (TPSA) is 84.1 Å². The molecule has 0 rings (SSSR count). The van der Waals surface area contributed by atoms with Crippen LogP contribution in [0.5, 0.6) is 0 Å². The largest absolute Gasteiger partial charge is 0.412 e. The summed E-state index contributed by atoms with van der Waals surface area (Å²) in [4.78, 5) is 0. The fourth-order valence-electron chi connectivity index (χ4n) is 1.77. The zero-order chi connectivity index (χ0) is 14.4. The van der Waals surface area contributed by atoms with E-state index < -0.39 is 10.4 Å². The van der Waals surface area contributed by atoms with Gasteiger partial charge in [-0.1, -0.05) is 65.2 Å². The number of hydrogen-bond acceptors (Lipinski definition) is 4. The Labute approximate surface area is 124 Å². The lowest BCUT2D eigenvalue weighted by atomic mass is 10.2. The predicted molar refractivity (Wildman–Crippen MR) is 82.0 cm³/mol. The van der Waals surface area contributed by atoms with E-state index in [0.717, 1.165) is 38.5 Å². The van der Waals surface area contributed by atoms with Gasteiger partial charge in [0.15, 0.2) is 0 Å². The van der Waals surface area contributed by atoms with Gasteiger partial charge in [0, 0.05) is 0 Å². The Bertz CT molecular complexity index is 255. The lowest BCUT2D eigenvalue weighted by Gasteiger charge is -2.06. The molecule has 0 aliphatic rings. The van der Waals surface area contributed by atoms with Crippen molar-refractivity contribution in [2.45, 2.75) is 78.1 Å². The molecule has 20 heavy (non-hydrogen) atoms.